The Balaban J connectivity index is 2.04. The van der Waals surface area contributed by atoms with Gasteiger partial charge in [-0.2, -0.15) is 0 Å². The maximum absolute atomic E-state index is 12.8. The number of H-pyrrole nitrogens is 1. The molecule has 1 fully saturated rings. The van der Waals surface area contributed by atoms with Crippen LogP contribution >= 0.6 is 0 Å². The second-order valence-corrected chi connectivity index (χ2v) is 6.85. The minimum atomic E-state index is -0.551. The highest BCUT2D eigenvalue weighted by atomic mass is 16.5. The van der Waals surface area contributed by atoms with Crippen LogP contribution in [0.4, 0.5) is 0 Å². The number of carbonyl (C=O) groups is 1. The van der Waals surface area contributed by atoms with E-state index in [1.807, 2.05) is 24.3 Å². The summed E-state index contributed by atoms with van der Waals surface area (Å²) in [6, 6.07) is 8.85. The van der Waals surface area contributed by atoms with E-state index in [2.05, 4.69) is 9.98 Å². The smallest absolute Gasteiger partial charge is 0.354 e. The van der Waals surface area contributed by atoms with Gasteiger partial charge in [-0.3, -0.25) is 9.79 Å². The first-order valence-electron chi connectivity index (χ1n) is 9.74. The van der Waals surface area contributed by atoms with Crippen molar-refractivity contribution >= 4 is 12.2 Å². The number of hydrogen-bond donors (Lipinski definition) is 1. The molecule has 0 saturated heterocycles. The monoisotopic (exact) mass is 382 g/mol. The van der Waals surface area contributed by atoms with Gasteiger partial charge >= 0.3 is 5.97 Å². The summed E-state index contributed by atoms with van der Waals surface area (Å²) in [4.78, 5) is 32.7. The summed E-state index contributed by atoms with van der Waals surface area (Å²) in [7, 11) is 1.60. The van der Waals surface area contributed by atoms with Crippen LogP contribution in [0.1, 0.15) is 55.1 Å². The van der Waals surface area contributed by atoms with Crippen molar-refractivity contribution in [2.45, 2.75) is 45.1 Å². The molecule has 0 spiro atoms. The Labute approximate surface area is 164 Å². The predicted molar refractivity (Wildman–Crippen MR) is 109 cm³/mol. The molecule has 0 atom stereocenters. The van der Waals surface area contributed by atoms with Gasteiger partial charge < -0.3 is 14.5 Å². The third kappa shape index (κ3) is 4.68. The number of methoxy groups -OCH3 is 1. The number of esters is 1. The molecule has 1 aromatic heterocycles. The molecule has 1 aromatic carbocycles. The standard InChI is InChI=1S/C22H26N2O4/c1-3-28-22(26)19-13-20(25)18(14-23-16-7-5-4-6-8-16)21(24-19)15-9-11-17(27-2)12-10-15/h9-14,16H,3-8H2,1-2H3,(H,24,25). The lowest BCUT2D eigenvalue weighted by atomic mass is 9.96. The third-order valence-electron chi connectivity index (χ3n) is 4.93. The molecule has 1 saturated carbocycles. The van der Waals surface area contributed by atoms with E-state index in [1.54, 1.807) is 20.2 Å². The van der Waals surface area contributed by atoms with Gasteiger partial charge in [-0.25, -0.2) is 4.79 Å². The molecule has 28 heavy (non-hydrogen) atoms. The van der Waals surface area contributed by atoms with Crippen molar-refractivity contribution in [2.75, 3.05) is 13.7 Å². The molecular formula is C22H26N2O4. The number of nitrogens with zero attached hydrogens (tertiary/aromatic N) is 1. The maximum Gasteiger partial charge on any atom is 0.354 e. The number of rotatable bonds is 6. The van der Waals surface area contributed by atoms with E-state index in [0.717, 1.165) is 18.4 Å². The molecule has 1 aliphatic carbocycles. The van der Waals surface area contributed by atoms with Gasteiger partial charge in [0.25, 0.3) is 0 Å². The van der Waals surface area contributed by atoms with Gasteiger partial charge in [0, 0.05) is 18.3 Å². The van der Waals surface area contributed by atoms with Gasteiger partial charge in [-0.15, -0.1) is 0 Å². The van der Waals surface area contributed by atoms with Gasteiger partial charge in [0.15, 0.2) is 5.43 Å². The normalized spacial score (nSPS) is 14.9. The Morgan fingerprint density at radius 2 is 1.93 bits per heavy atom. The largest absolute Gasteiger partial charge is 0.497 e. The lowest BCUT2D eigenvalue weighted by molar-refractivity contribution is 0.0519. The lowest BCUT2D eigenvalue weighted by Crippen LogP contribution is -2.18. The van der Waals surface area contributed by atoms with Crippen LogP contribution in [0.3, 0.4) is 0 Å². The van der Waals surface area contributed by atoms with Gasteiger partial charge in [0.05, 0.1) is 25.0 Å². The van der Waals surface area contributed by atoms with Gasteiger partial charge in [-0.05, 0) is 49.6 Å². The topological polar surface area (TPSA) is 80.8 Å². The zero-order valence-corrected chi connectivity index (χ0v) is 16.4. The molecular weight excluding hydrogens is 356 g/mol. The Kier molecular flexibility index (Phi) is 6.63. The molecule has 0 aliphatic heterocycles. The molecule has 0 radical (unpaired) electrons. The Morgan fingerprint density at radius 1 is 1.21 bits per heavy atom. The average Bonchev–Trinajstić information content (AvgIpc) is 2.73. The highest BCUT2D eigenvalue weighted by molar-refractivity contribution is 5.93. The number of aromatic amines is 1. The predicted octanol–water partition coefficient (Wildman–Crippen LogP) is 3.98. The van der Waals surface area contributed by atoms with E-state index < -0.39 is 5.97 Å². The van der Waals surface area contributed by atoms with Crippen LogP contribution < -0.4 is 10.2 Å². The first-order valence-corrected chi connectivity index (χ1v) is 9.74. The van der Waals surface area contributed by atoms with E-state index in [4.69, 9.17) is 9.47 Å². The van der Waals surface area contributed by atoms with Crippen molar-refractivity contribution in [1.29, 1.82) is 0 Å². The molecule has 6 nitrogen and oxygen atoms in total. The molecule has 3 rings (SSSR count). The summed E-state index contributed by atoms with van der Waals surface area (Å²) >= 11 is 0. The first-order chi connectivity index (χ1) is 13.6. The fourth-order valence-corrected chi connectivity index (χ4v) is 3.41. The summed E-state index contributed by atoms with van der Waals surface area (Å²) in [6.07, 6.45) is 7.35. The van der Waals surface area contributed by atoms with Crippen LogP contribution in [0.5, 0.6) is 5.75 Å². The average molecular weight is 382 g/mol. The molecule has 2 aromatic rings. The van der Waals surface area contributed by atoms with Gasteiger partial charge in [0.2, 0.25) is 0 Å². The van der Waals surface area contributed by atoms with E-state index in [-0.39, 0.29) is 23.8 Å². The fourth-order valence-electron chi connectivity index (χ4n) is 3.41. The number of aromatic nitrogens is 1. The van der Waals surface area contributed by atoms with Crippen LogP contribution in [0.25, 0.3) is 11.3 Å². The van der Waals surface area contributed by atoms with Crippen molar-refractivity contribution in [1.82, 2.24) is 4.98 Å². The number of nitrogens with one attached hydrogen (secondary N) is 1. The van der Waals surface area contributed by atoms with Crippen molar-refractivity contribution in [2.24, 2.45) is 4.99 Å². The summed E-state index contributed by atoms with van der Waals surface area (Å²) < 4.78 is 10.2. The molecule has 1 aliphatic rings. The molecule has 1 heterocycles. The molecule has 148 valence electrons. The quantitative estimate of drug-likeness (QED) is 0.605. The van der Waals surface area contributed by atoms with Gasteiger partial charge in [0.1, 0.15) is 11.4 Å². The summed E-state index contributed by atoms with van der Waals surface area (Å²) in [5.41, 5.74) is 1.65. The number of hydrogen-bond acceptors (Lipinski definition) is 5. The molecule has 0 amide bonds. The number of ether oxygens (including phenoxy) is 2. The number of carbonyl (C=O) groups excluding carboxylic acids is 1. The SMILES string of the molecule is CCOC(=O)c1cc(=O)c(C=NC2CCCCC2)c(-c2ccc(OC)cc2)[nH]1. The molecule has 0 bridgehead atoms. The third-order valence-corrected chi connectivity index (χ3v) is 4.93. The van der Waals surface area contributed by atoms with Crippen LogP contribution in [-0.4, -0.2) is 36.9 Å². The summed E-state index contributed by atoms with van der Waals surface area (Å²) in [5.74, 6) is 0.162. The van der Waals surface area contributed by atoms with E-state index in [9.17, 15) is 9.59 Å². The Hall–Kier alpha value is -2.89. The minimum absolute atomic E-state index is 0.132. The van der Waals surface area contributed by atoms with Crippen LogP contribution in [0.2, 0.25) is 0 Å². The van der Waals surface area contributed by atoms with E-state index >= 15 is 0 Å². The number of benzene rings is 1. The maximum atomic E-state index is 12.8. The highest BCUT2D eigenvalue weighted by Gasteiger charge is 2.17. The van der Waals surface area contributed by atoms with Crippen LogP contribution in [0.15, 0.2) is 40.1 Å². The summed E-state index contributed by atoms with van der Waals surface area (Å²) in [6.45, 7) is 1.97. The van der Waals surface area contributed by atoms with Crippen molar-refractivity contribution in [3.05, 3.63) is 51.8 Å². The lowest BCUT2D eigenvalue weighted by Gasteiger charge is -2.17. The highest BCUT2D eigenvalue weighted by Crippen LogP contribution is 2.24. The zero-order valence-electron chi connectivity index (χ0n) is 16.4. The van der Waals surface area contributed by atoms with E-state index in [1.165, 1.54) is 25.3 Å². The number of pyridine rings is 1. The zero-order chi connectivity index (χ0) is 19.9. The van der Waals surface area contributed by atoms with Gasteiger partial charge in [-0.1, -0.05) is 19.3 Å². The van der Waals surface area contributed by atoms with Crippen LogP contribution in [0, 0.1) is 0 Å². The first kappa shape index (κ1) is 19.9. The van der Waals surface area contributed by atoms with Crippen molar-refractivity contribution < 1.29 is 14.3 Å². The summed E-state index contributed by atoms with van der Waals surface area (Å²) in [5, 5.41) is 0. The second kappa shape index (κ2) is 9.35. The minimum Gasteiger partial charge on any atom is -0.497 e. The Bertz CT molecular complexity index is 894. The molecule has 6 heteroatoms. The van der Waals surface area contributed by atoms with Crippen molar-refractivity contribution in [3.63, 3.8) is 0 Å². The van der Waals surface area contributed by atoms with Crippen molar-refractivity contribution in [3.8, 4) is 17.0 Å². The fraction of sp³-hybridized carbons (Fsp3) is 0.409. The Morgan fingerprint density at radius 3 is 2.57 bits per heavy atom. The van der Waals surface area contributed by atoms with Crippen LogP contribution in [-0.2, 0) is 4.74 Å². The van der Waals surface area contributed by atoms with E-state index in [0.29, 0.717) is 17.0 Å². The molecule has 0 unspecified atom stereocenters. The number of aliphatic imine (C=N–C) groups is 1. The molecule has 1 N–H and O–H groups in total. The second-order valence-electron chi connectivity index (χ2n) is 6.85.